The van der Waals surface area contributed by atoms with Crippen molar-refractivity contribution in [2.45, 2.75) is 76.1 Å². The summed E-state index contributed by atoms with van der Waals surface area (Å²) in [5.41, 5.74) is -1.43. The van der Waals surface area contributed by atoms with Crippen LogP contribution in [0.2, 0.25) is 0 Å². The quantitative estimate of drug-likeness (QED) is 0.818. The maximum absolute atomic E-state index is 11.1. The largest absolute Gasteiger partial charge is 0.388 e. The Kier molecular flexibility index (Phi) is 2.91. The van der Waals surface area contributed by atoms with E-state index >= 15 is 0 Å². The Hall–Kier alpha value is -0.590. The van der Waals surface area contributed by atoms with Crippen LogP contribution in [0.5, 0.6) is 0 Å². The third-order valence-electron chi connectivity index (χ3n) is 5.64. The van der Waals surface area contributed by atoms with Gasteiger partial charge in [0.2, 0.25) is 0 Å². The van der Waals surface area contributed by atoms with E-state index < -0.39 is 11.0 Å². The Morgan fingerprint density at radius 2 is 2.17 bits per heavy atom. The van der Waals surface area contributed by atoms with Crippen LogP contribution in [0, 0.1) is 22.7 Å². The van der Waals surface area contributed by atoms with Crippen LogP contribution in [0.25, 0.3) is 0 Å². The van der Waals surface area contributed by atoms with Crippen molar-refractivity contribution in [3.63, 3.8) is 0 Å². The van der Waals surface area contributed by atoms with Crippen LogP contribution in [-0.2, 0) is 4.74 Å². The summed E-state index contributed by atoms with van der Waals surface area (Å²) in [5.74, 6) is 0.577. The molecule has 0 radical (unpaired) electrons. The normalized spacial score (nSPS) is 51.3. The average Bonchev–Trinajstić information content (AvgIpc) is 2.99. The van der Waals surface area contributed by atoms with E-state index in [1.165, 1.54) is 6.42 Å². The summed E-state index contributed by atoms with van der Waals surface area (Å²) >= 11 is 0. The SMILES string of the molecule is CCC1CCCC(O)(C2(C#N)CC3CCC2O3)C1. The number of aliphatic hydroxyl groups is 1. The van der Waals surface area contributed by atoms with E-state index in [4.69, 9.17) is 4.74 Å². The van der Waals surface area contributed by atoms with E-state index in [-0.39, 0.29) is 12.2 Å². The van der Waals surface area contributed by atoms with E-state index in [1.807, 2.05) is 0 Å². The Morgan fingerprint density at radius 1 is 1.33 bits per heavy atom. The molecule has 0 aromatic rings. The van der Waals surface area contributed by atoms with Crippen LogP contribution in [0.3, 0.4) is 0 Å². The lowest BCUT2D eigenvalue weighted by Gasteiger charge is -2.48. The highest BCUT2D eigenvalue weighted by Crippen LogP contribution is 2.57. The summed E-state index contributed by atoms with van der Waals surface area (Å²) in [6.45, 7) is 2.19. The number of rotatable bonds is 2. The highest BCUT2D eigenvalue weighted by Gasteiger charge is 2.64. The standard InChI is InChI=1S/C15H23NO2/c1-2-11-4-3-7-15(17,8-11)14(10-16)9-12-5-6-13(14)18-12/h11-13,17H,2-9H2,1H3. The zero-order valence-electron chi connectivity index (χ0n) is 11.2. The number of nitrogens with zero attached hydrogens (tertiary/aromatic N) is 1. The molecule has 2 bridgehead atoms. The Labute approximate surface area is 109 Å². The number of hydrogen-bond donors (Lipinski definition) is 1. The summed E-state index contributed by atoms with van der Waals surface area (Å²) in [4.78, 5) is 0. The Bertz CT molecular complexity index is 377. The Balaban J connectivity index is 1.89. The second kappa shape index (κ2) is 4.21. The van der Waals surface area contributed by atoms with Crippen molar-refractivity contribution < 1.29 is 9.84 Å². The predicted molar refractivity (Wildman–Crippen MR) is 67.8 cm³/mol. The summed E-state index contributed by atoms with van der Waals surface area (Å²) in [5, 5.41) is 20.9. The van der Waals surface area contributed by atoms with Crippen molar-refractivity contribution in [2.24, 2.45) is 11.3 Å². The van der Waals surface area contributed by atoms with Crippen molar-refractivity contribution >= 4 is 0 Å². The van der Waals surface area contributed by atoms with E-state index in [0.29, 0.717) is 5.92 Å². The summed E-state index contributed by atoms with van der Waals surface area (Å²) in [7, 11) is 0. The van der Waals surface area contributed by atoms with E-state index in [0.717, 1.165) is 44.9 Å². The van der Waals surface area contributed by atoms with Gasteiger partial charge in [-0.2, -0.15) is 5.26 Å². The van der Waals surface area contributed by atoms with Gasteiger partial charge in [0.25, 0.3) is 0 Å². The zero-order valence-corrected chi connectivity index (χ0v) is 11.2. The first kappa shape index (κ1) is 12.4. The van der Waals surface area contributed by atoms with Gasteiger partial charge in [-0.1, -0.05) is 26.2 Å². The lowest BCUT2D eigenvalue weighted by Crippen LogP contribution is -2.55. The molecule has 2 heterocycles. The molecular formula is C15H23NO2. The second-order valence-electron chi connectivity index (χ2n) is 6.51. The molecule has 1 N–H and O–H groups in total. The molecule has 3 nitrogen and oxygen atoms in total. The average molecular weight is 249 g/mol. The summed E-state index contributed by atoms with van der Waals surface area (Å²) in [6.07, 6.45) is 7.92. The van der Waals surface area contributed by atoms with Gasteiger partial charge in [-0.3, -0.25) is 0 Å². The van der Waals surface area contributed by atoms with Crippen molar-refractivity contribution in [3.8, 4) is 6.07 Å². The molecule has 3 fully saturated rings. The van der Waals surface area contributed by atoms with Crippen molar-refractivity contribution in [2.75, 3.05) is 0 Å². The first-order chi connectivity index (χ1) is 8.63. The molecule has 5 unspecified atom stereocenters. The van der Waals surface area contributed by atoms with Crippen LogP contribution in [-0.4, -0.2) is 22.9 Å². The smallest absolute Gasteiger partial charge is 0.114 e. The summed E-state index contributed by atoms with van der Waals surface area (Å²) in [6, 6.07) is 2.49. The minimum Gasteiger partial charge on any atom is -0.388 e. The fraction of sp³-hybridized carbons (Fsp3) is 0.933. The molecule has 0 aromatic carbocycles. The topological polar surface area (TPSA) is 53.2 Å². The second-order valence-corrected chi connectivity index (χ2v) is 6.51. The van der Waals surface area contributed by atoms with Gasteiger partial charge >= 0.3 is 0 Å². The molecule has 0 aromatic heterocycles. The van der Waals surface area contributed by atoms with Gasteiger partial charge in [0.05, 0.1) is 23.9 Å². The third-order valence-corrected chi connectivity index (χ3v) is 5.64. The molecule has 0 spiro atoms. The third kappa shape index (κ3) is 1.55. The van der Waals surface area contributed by atoms with Gasteiger partial charge in [0.1, 0.15) is 5.41 Å². The fourth-order valence-electron chi connectivity index (χ4n) is 4.54. The maximum atomic E-state index is 11.1. The van der Waals surface area contributed by atoms with Gasteiger partial charge in [0.15, 0.2) is 0 Å². The number of fused-ring (bicyclic) bond motifs is 2. The maximum Gasteiger partial charge on any atom is 0.114 e. The molecule has 1 aliphatic carbocycles. The number of hydrogen-bond acceptors (Lipinski definition) is 3. The molecule has 3 heteroatoms. The lowest BCUT2D eigenvalue weighted by molar-refractivity contribution is -0.119. The lowest BCUT2D eigenvalue weighted by atomic mass is 9.57. The van der Waals surface area contributed by atoms with E-state index in [2.05, 4.69) is 13.0 Å². The van der Waals surface area contributed by atoms with Crippen LogP contribution in [0.15, 0.2) is 0 Å². The van der Waals surface area contributed by atoms with Crippen molar-refractivity contribution in [1.29, 1.82) is 5.26 Å². The first-order valence-corrected chi connectivity index (χ1v) is 7.42. The van der Waals surface area contributed by atoms with Crippen molar-refractivity contribution in [1.82, 2.24) is 0 Å². The first-order valence-electron chi connectivity index (χ1n) is 7.42. The minimum absolute atomic E-state index is 0.0203. The fourth-order valence-corrected chi connectivity index (χ4v) is 4.54. The zero-order chi connectivity index (χ0) is 12.8. The van der Waals surface area contributed by atoms with Crippen molar-refractivity contribution in [3.05, 3.63) is 0 Å². The molecule has 100 valence electrons. The van der Waals surface area contributed by atoms with Gasteiger partial charge in [-0.25, -0.2) is 0 Å². The van der Waals surface area contributed by atoms with Crippen LogP contribution < -0.4 is 0 Å². The van der Waals surface area contributed by atoms with Gasteiger partial charge in [-0.15, -0.1) is 0 Å². The predicted octanol–water partition coefficient (Wildman–Crippen LogP) is 2.78. The molecule has 2 saturated heterocycles. The molecule has 3 aliphatic rings. The molecule has 0 amide bonds. The molecule has 2 aliphatic heterocycles. The molecule has 5 atom stereocenters. The highest BCUT2D eigenvalue weighted by atomic mass is 16.5. The number of nitriles is 1. The van der Waals surface area contributed by atoms with Crippen LogP contribution >= 0.6 is 0 Å². The van der Waals surface area contributed by atoms with Crippen LogP contribution in [0.4, 0.5) is 0 Å². The van der Waals surface area contributed by atoms with Crippen LogP contribution in [0.1, 0.15) is 58.3 Å². The molecule has 1 saturated carbocycles. The molecular weight excluding hydrogens is 226 g/mol. The van der Waals surface area contributed by atoms with Gasteiger partial charge < -0.3 is 9.84 Å². The Morgan fingerprint density at radius 3 is 2.72 bits per heavy atom. The number of ether oxygens (including phenoxy) is 1. The highest BCUT2D eigenvalue weighted by molar-refractivity contribution is 5.21. The van der Waals surface area contributed by atoms with E-state index in [1.54, 1.807) is 0 Å². The van der Waals surface area contributed by atoms with Gasteiger partial charge in [0, 0.05) is 0 Å². The van der Waals surface area contributed by atoms with E-state index in [9.17, 15) is 10.4 Å². The molecule has 3 rings (SSSR count). The minimum atomic E-state index is -0.805. The van der Waals surface area contributed by atoms with Gasteiger partial charge in [-0.05, 0) is 38.0 Å². The summed E-state index contributed by atoms with van der Waals surface area (Å²) < 4.78 is 5.88. The monoisotopic (exact) mass is 249 g/mol. The molecule has 18 heavy (non-hydrogen) atoms.